The second kappa shape index (κ2) is 6.67. The first-order chi connectivity index (χ1) is 13.7. The van der Waals surface area contributed by atoms with Crippen LogP contribution < -0.4 is 10.1 Å². The smallest absolute Gasteiger partial charge is 0.231 e. The summed E-state index contributed by atoms with van der Waals surface area (Å²) in [5.41, 5.74) is 4.47. The largest absolute Gasteiger partial charge is 0.497 e. The average molecular weight is 375 g/mol. The summed E-state index contributed by atoms with van der Waals surface area (Å²) < 4.78 is 5.32. The van der Waals surface area contributed by atoms with Gasteiger partial charge in [0.05, 0.1) is 12.5 Å². The minimum Gasteiger partial charge on any atom is -0.497 e. The Hall–Kier alpha value is -2.79. The second-order valence-corrected chi connectivity index (χ2v) is 7.95. The highest BCUT2D eigenvalue weighted by Crippen LogP contribution is 2.40. The van der Waals surface area contributed by atoms with Crippen molar-refractivity contribution >= 4 is 16.8 Å². The Morgan fingerprint density at radius 3 is 2.75 bits per heavy atom. The Balaban J connectivity index is 1.33. The molecule has 2 aliphatic rings. The van der Waals surface area contributed by atoms with E-state index in [1.165, 1.54) is 22.2 Å². The fourth-order valence-electron chi connectivity index (χ4n) is 4.82. The number of hydrogen-bond acceptors (Lipinski definition) is 3. The van der Waals surface area contributed by atoms with Crippen LogP contribution in [0.5, 0.6) is 5.75 Å². The van der Waals surface area contributed by atoms with Gasteiger partial charge in [-0.15, -0.1) is 0 Å². The zero-order chi connectivity index (χ0) is 19.1. The maximum atomic E-state index is 12.8. The van der Waals surface area contributed by atoms with Gasteiger partial charge < -0.3 is 15.0 Å². The minimum atomic E-state index is -0.362. The first-order valence-electron chi connectivity index (χ1n) is 9.93. The summed E-state index contributed by atoms with van der Waals surface area (Å²) in [5.74, 6) is 1.07. The molecule has 0 saturated carbocycles. The molecule has 2 aromatic carbocycles. The summed E-state index contributed by atoms with van der Waals surface area (Å²) >= 11 is 0. The molecule has 2 N–H and O–H groups in total. The van der Waals surface area contributed by atoms with E-state index in [4.69, 9.17) is 4.74 Å². The van der Waals surface area contributed by atoms with Crippen LogP contribution in [0, 0.1) is 0 Å². The second-order valence-electron chi connectivity index (χ2n) is 7.95. The maximum absolute atomic E-state index is 12.8. The van der Waals surface area contributed by atoms with Gasteiger partial charge in [-0.2, -0.15) is 0 Å². The number of aromatic nitrogens is 1. The lowest BCUT2D eigenvalue weighted by molar-refractivity contribution is -0.129. The lowest BCUT2D eigenvalue weighted by atomic mass is 9.68. The van der Waals surface area contributed by atoms with E-state index in [-0.39, 0.29) is 11.3 Å². The van der Waals surface area contributed by atoms with E-state index in [2.05, 4.69) is 57.7 Å². The summed E-state index contributed by atoms with van der Waals surface area (Å²) in [6.45, 7) is 3.36. The van der Waals surface area contributed by atoms with E-state index < -0.39 is 0 Å². The SMILES string of the molecule is COc1ccc2[nH]c(CN3CCC4(CC3)C(=O)NCc3ccccc34)cc2c1. The first-order valence-corrected chi connectivity index (χ1v) is 9.93. The number of amides is 1. The van der Waals surface area contributed by atoms with Gasteiger partial charge in [0.2, 0.25) is 5.91 Å². The number of fused-ring (bicyclic) bond motifs is 3. The Kier molecular flexibility index (Phi) is 4.13. The molecule has 5 rings (SSSR count). The van der Waals surface area contributed by atoms with Gasteiger partial charge in [-0.3, -0.25) is 9.69 Å². The summed E-state index contributed by atoms with van der Waals surface area (Å²) in [5, 5.41) is 4.29. The molecule has 3 aromatic rings. The number of aromatic amines is 1. The summed E-state index contributed by atoms with van der Waals surface area (Å²) in [6.07, 6.45) is 1.73. The molecule has 0 radical (unpaired) electrons. The number of ether oxygens (including phenoxy) is 1. The quantitative estimate of drug-likeness (QED) is 0.738. The molecule has 1 amide bonds. The summed E-state index contributed by atoms with van der Waals surface area (Å²) in [7, 11) is 1.69. The highest BCUT2D eigenvalue weighted by molar-refractivity contribution is 5.90. The predicted octanol–water partition coefficient (Wildman–Crippen LogP) is 3.34. The van der Waals surface area contributed by atoms with E-state index in [1.54, 1.807) is 7.11 Å². The van der Waals surface area contributed by atoms with Crippen LogP contribution in [0.15, 0.2) is 48.5 Å². The van der Waals surface area contributed by atoms with E-state index in [0.29, 0.717) is 6.54 Å². The third-order valence-electron chi connectivity index (χ3n) is 6.39. The monoisotopic (exact) mass is 375 g/mol. The lowest BCUT2D eigenvalue weighted by Crippen LogP contribution is -2.54. The van der Waals surface area contributed by atoms with Crippen LogP contribution in [-0.4, -0.2) is 36.0 Å². The van der Waals surface area contributed by atoms with Crippen LogP contribution in [0.4, 0.5) is 0 Å². The van der Waals surface area contributed by atoms with E-state index in [0.717, 1.165) is 43.7 Å². The van der Waals surface area contributed by atoms with Gasteiger partial charge >= 0.3 is 0 Å². The van der Waals surface area contributed by atoms with Gasteiger partial charge in [-0.1, -0.05) is 24.3 Å². The van der Waals surface area contributed by atoms with Crippen molar-refractivity contribution in [3.8, 4) is 5.75 Å². The maximum Gasteiger partial charge on any atom is 0.231 e. The van der Waals surface area contributed by atoms with Crippen molar-refractivity contribution in [1.82, 2.24) is 15.2 Å². The number of carbonyl (C=O) groups is 1. The van der Waals surface area contributed by atoms with Crippen LogP contribution in [0.25, 0.3) is 10.9 Å². The van der Waals surface area contributed by atoms with Crippen LogP contribution >= 0.6 is 0 Å². The van der Waals surface area contributed by atoms with Crippen molar-refractivity contribution in [2.75, 3.05) is 20.2 Å². The predicted molar refractivity (Wildman–Crippen MR) is 109 cm³/mol. The number of nitrogens with one attached hydrogen (secondary N) is 2. The fraction of sp³-hybridized carbons (Fsp3) is 0.348. The van der Waals surface area contributed by atoms with Gasteiger partial charge in [-0.25, -0.2) is 0 Å². The molecule has 1 fully saturated rings. The lowest BCUT2D eigenvalue weighted by Gasteiger charge is -2.44. The Morgan fingerprint density at radius 1 is 1.11 bits per heavy atom. The van der Waals surface area contributed by atoms with Crippen molar-refractivity contribution in [3.05, 3.63) is 65.4 Å². The van der Waals surface area contributed by atoms with Gasteiger partial charge in [-0.05, 0) is 61.3 Å². The topological polar surface area (TPSA) is 57.4 Å². The number of carbonyl (C=O) groups excluding carboxylic acids is 1. The van der Waals surface area contributed by atoms with Gasteiger partial charge in [0, 0.05) is 29.7 Å². The summed E-state index contributed by atoms with van der Waals surface area (Å²) in [6, 6.07) is 16.7. The number of H-pyrrole nitrogens is 1. The van der Waals surface area contributed by atoms with Gasteiger partial charge in [0.15, 0.2) is 0 Å². The van der Waals surface area contributed by atoms with E-state index in [9.17, 15) is 4.79 Å². The molecule has 0 atom stereocenters. The number of benzene rings is 2. The number of nitrogens with zero attached hydrogens (tertiary/aromatic N) is 1. The normalized spacial score (nSPS) is 18.8. The van der Waals surface area contributed by atoms with Crippen LogP contribution in [0.1, 0.15) is 29.7 Å². The fourth-order valence-corrected chi connectivity index (χ4v) is 4.82. The molecule has 0 aliphatic carbocycles. The Morgan fingerprint density at radius 2 is 1.93 bits per heavy atom. The molecule has 1 spiro atoms. The van der Waals surface area contributed by atoms with Crippen LogP contribution in [0.3, 0.4) is 0 Å². The Labute approximate surface area is 164 Å². The van der Waals surface area contributed by atoms with Crippen LogP contribution in [-0.2, 0) is 23.3 Å². The van der Waals surface area contributed by atoms with E-state index in [1.807, 2.05) is 6.07 Å². The third kappa shape index (κ3) is 2.78. The van der Waals surface area contributed by atoms with Gasteiger partial charge in [0.1, 0.15) is 5.75 Å². The van der Waals surface area contributed by atoms with Gasteiger partial charge in [0.25, 0.3) is 0 Å². The molecule has 144 valence electrons. The Bertz CT molecular complexity index is 1030. The van der Waals surface area contributed by atoms with Crippen molar-refractivity contribution in [2.45, 2.75) is 31.3 Å². The van der Waals surface area contributed by atoms with Crippen molar-refractivity contribution < 1.29 is 9.53 Å². The first kappa shape index (κ1) is 17.3. The van der Waals surface area contributed by atoms with E-state index >= 15 is 0 Å². The minimum absolute atomic E-state index is 0.198. The highest BCUT2D eigenvalue weighted by Gasteiger charge is 2.45. The highest BCUT2D eigenvalue weighted by atomic mass is 16.5. The number of rotatable bonds is 3. The van der Waals surface area contributed by atoms with Crippen molar-refractivity contribution in [1.29, 1.82) is 0 Å². The average Bonchev–Trinajstić information content (AvgIpc) is 3.14. The molecule has 28 heavy (non-hydrogen) atoms. The van der Waals surface area contributed by atoms with Crippen molar-refractivity contribution in [3.63, 3.8) is 0 Å². The molecular weight excluding hydrogens is 350 g/mol. The number of hydrogen-bond donors (Lipinski definition) is 2. The van der Waals surface area contributed by atoms with Crippen LogP contribution in [0.2, 0.25) is 0 Å². The molecule has 0 bridgehead atoms. The summed E-state index contributed by atoms with van der Waals surface area (Å²) in [4.78, 5) is 18.8. The number of likely N-dealkylation sites (tertiary alicyclic amines) is 1. The molecule has 5 nitrogen and oxygen atoms in total. The molecule has 2 aliphatic heterocycles. The zero-order valence-corrected chi connectivity index (χ0v) is 16.1. The number of methoxy groups -OCH3 is 1. The molecular formula is C23H25N3O2. The third-order valence-corrected chi connectivity index (χ3v) is 6.39. The zero-order valence-electron chi connectivity index (χ0n) is 16.1. The standard InChI is InChI=1S/C23H25N3O2/c1-28-19-6-7-21-17(13-19)12-18(25-21)15-26-10-8-23(9-11-26)20-5-3-2-4-16(20)14-24-22(23)27/h2-7,12-13,25H,8-11,14-15H2,1H3,(H,24,27). The number of piperidine rings is 1. The molecule has 3 heterocycles. The molecule has 1 saturated heterocycles. The molecule has 5 heteroatoms. The molecule has 1 aromatic heterocycles. The van der Waals surface area contributed by atoms with Crippen molar-refractivity contribution in [2.24, 2.45) is 0 Å². The molecule has 0 unspecified atom stereocenters.